The van der Waals surface area contributed by atoms with Gasteiger partial charge in [-0.15, -0.1) is 0 Å². The van der Waals surface area contributed by atoms with E-state index in [1.54, 1.807) is 0 Å². The molecule has 1 spiro atoms. The fraction of sp³-hybridized carbons (Fsp3) is 0.630. The normalized spacial score (nSPS) is 32.8. The Morgan fingerprint density at radius 2 is 2.03 bits per heavy atom. The second kappa shape index (κ2) is 7.44. The van der Waals surface area contributed by atoms with Gasteiger partial charge in [-0.1, -0.05) is 39.8 Å². The highest BCUT2D eigenvalue weighted by Crippen LogP contribution is 2.70. The Labute approximate surface area is 191 Å². The summed E-state index contributed by atoms with van der Waals surface area (Å²) in [6.45, 7) is 13.6. The Bertz CT molecular complexity index is 1040. The first kappa shape index (κ1) is 21.7. The number of aromatic nitrogens is 2. The van der Waals surface area contributed by atoms with Crippen LogP contribution in [0.1, 0.15) is 70.0 Å². The number of ether oxygens (including phenoxy) is 1. The Balaban J connectivity index is 1.49. The lowest BCUT2D eigenvalue weighted by atomic mass is 9.58. The number of aryl methyl sites for hydroxylation is 2. The summed E-state index contributed by atoms with van der Waals surface area (Å²) in [5.41, 5.74) is 4.73. The maximum atomic E-state index is 12.8. The minimum absolute atomic E-state index is 0.00728. The van der Waals surface area contributed by atoms with E-state index < -0.39 is 0 Å². The van der Waals surface area contributed by atoms with Crippen molar-refractivity contribution in [1.82, 2.24) is 15.1 Å². The molecule has 0 radical (unpaired) electrons. The number of hydrogen-bond donors (Lipinski definition) is 1. The van der Waals surface area contributed by atoms with Gasteiger partial charge < -0.3 is 10.1 Å². The molecular weight excluding hydrogens is 398 g/mol. The number of carbonyl (C=O) groups excluding carboxylic acids is 1. The van der Waals surface area contributed by atoms with Gasteiger partial charge in [-0.05, 0) is 79.5 Å². The minimum Gasteiger partial charge on any atom is -0.373 e. The third-order valence-corrected chi connectivity index (χ3v) is 8.77. The molecule has 1 amide bonds. The van der Waals surface area contributed by atoms with Gasteiger partial charge in [-0.2, -0.15) is 5.10 Å². The summed E-state index contributed by atoms with van der Waals surface area (Å²) in [5.74, 6) is 1.24. The number of nitrogens with zero attached hydrogens (tertiary/aromatic N) is 2. The van der Waals surface area contributed by atoms with Crippen molar-refractivity contribution in [3.05, 3.63) is 47.3 Å². The second-order valence-electron chi connectivity index (χ2n) is 11.4. The van der Waals surface area contributed by atoms with Crippen LogP contribution in [0.2, 0.25) is 0 Å². The summed E-state index contributed by atoms with van der Waals surface area (Å²) in [4.78, 5) is 12.8. The lowest BCUT2D eigenvalue weighted by Crippen LogP contribution is -2.59. The average Bonchev–Trinajstić information content (AvgIpc) is 3.36. The smallest absolute Gasteiger partial charge is 0.222 e. The van der Waals surface area contributed by atoms with E-state index in [-0.39, 0.29) is 34.8 Å². The molecule has 5 rings (SSSR count). The molecule has 2 heterocycles. The zero-order valence-corrected chi connectivity index (χ0v) is 20.3. The molecular formula is C27H37N3O2. The first-order valence-electron chi connectivity index (χ1n) is 12.2. The van der Waals surface area contributed by atoms with E-state index in [2.05, 4.69) is 61.5 Å². The molecule has 2 aromatic rings. The molecule has 1 aromatic heterocycles. The van der Waals surface area contributed by atoms with Gasteiger partial charge in [0.1, 0.15) is 0 Å². The van der Waals surface area contributed by atoms with Gasteiger partial charge in [0, 0.05) is 24.3 Å². The monoisotopic (exact) mass is 435 g/mol. The third kappa shape index (κ3) is 3.15. The van der Waals surface area contributed by atoms with Crippen molar-refractivity contribution >= 4 is 5.91 Å². The van der Waals surface area contributed by atoms with Crippen molar-refractivity contribution < 1.29 is 9.53 Å². The molecule has 5 heteroatoms. The van der Waals surface area contributed by atoms with Crippen molar-refractivity contribution in [2.24, 2.45) is 28.6 Å². The predicted molar refractivity (Wildman–Crippen MR) is 126 cm³/mol. The predicted octanol–water partition coefficient (Wildman–Crippen LogP) is 5.14. The molecule has 2 saturated carbocycles. The molecule has 1 saturated heterocycles. The molecule has 32 heavy (non-hydrogen) atoms. The van der Waals surface area contributed by atoms with Gasteiger partial charge in [0.2, 0.25) is 5.91 Å². The topological polar surface area (TPSA) is 56.1 Å². The van der Waals surface area contributed by atoms with Crippen molar-refractivity contribution in [2.45, 2.75) is 73.0 Å². The van der Waals surface area contributed by atoms with Crippen LogP contribution in [0, 0.1) is 42.4 Å². The number of rotatable bonds is 4. The molecule has 1 unspecified atom stereocenters. The van der Waals surface area contributed by atoms with Crippen LogP contribution in [0.25, 0.3) is 5.69 Å². The number of amides is 1. The van der Waals surface area contributed by atoms with Crippen LogP contribution >= 0.6 is 0 Å². The van der Waals surface area contributed by atoms with E-state index in [9.17, 15) is 4.79 Å². The maximum absolute atomic E-state index is 12.8. The summed E-state index contributed by atoms with van der Waals surface area (Å²) >= 11 is 0. The van der Waals surface area contributed by atoms with Crippen LogP contribution < -0.4 is 5.32 Å². The van der Waals surface area contributed by atoms with E-state index in [1.807, 2.05) is 25.5 Å². The van der Waals surface area contributed by atoms with E-state index in [4.69, 9.17) is 4.74 Å². The highest BCUT2D eigenvalue weighted by Gasteiger charge is 2.68. The maximum Gasteiger partial charge on any atom is 0.222 e. The van der Waals surface area contributed by atoms with Crippen LogP contribution in [0.15, 0.2) is 30.3 Å². The average molecular weight is 436 g/mol. The molecule has 3 aliphatic rings. The van der Waals surface area contributed by atoms with Crippen molar-refractivity contribution in [1.29, 1.82) is 0 Å². The van der Waals surface area contributed by atoms with Gasteiger partial charge in [-0.3, -0.25) is 4.79 Å². The molecule has 3 fully saturated rings. The summed E-state index contributed by atoms with van der Waals surface area (Å²) in [7, 11) is 0. The highest BCUT2D eigenvalue weighted by molar-refractivity contribution is 5.78. The van der Waals surface area contributed by atoms with Crippen LogP contribution in [0.4, 0.5) is 0 Å². The van der Waals surface area contributed by atoms with E-state index in [1.165, 1.54) is 18.4 Å². The van der Waals surface area contributed by atoms with Crippen LogP contribution in [0.3, 0.4) is 0 Å². The molecule has 1 aromatic carbocycles. The molecule has 1 N–H and O–H groups in total. The number of benzene rings is 1. The summed E-state index contributed by atoms with van der Waals surface area (Å²) in [6.07, 6.45) is 3.48. The highest BCUT2D eigenvalue weighted by atomic mass is 16.5. The molecule has 2 bridgehead atoms. The molecule has 1 aliphatic heterocycles. The van der Waals surface area contributed by atoms with Gasteiger partial charge in [0.15, 0.2) is 0 Å². The molecule has 172 valence electrons. The molecule has 5 nitrogen and oxygen atoms in total. The lowest BCUT2D eigenvalue weighted by Gasteiger charge is -2.53. The van der Waals surface area contributed by atoms with Crippen LogP contribution in [-0.2, 0) is 9.53 Å². The fourth-order valence-electron chi connectivity index (χ4n) is 7.15. The Hall–Kier alpha value is -2.14. The number of hydrogen-bond acceptors (Lipinski definition) is 3. The van der Waals surface area contributed by atoms with Gasteiger partial charge in [0.25, 0.3) is 0 Å². The Morgan fingerprint density at radius 1 is 1.25 bits per heavy atom. The lowest BCUT2D eigenvalue weighted by molar-refractivity contribution is -0.139. The standard InChI is InChI=1S/C27H37N3O2/c1-16(2)24(31)28-25-26(5,6)20-14-22-23(32-11-10-27(22,25)15-20)19-8-7-9-21(13-19)30-18(4)12-17(3)29-30/h7-9,12-13,16,20,22-23,25H,10-11,14-15H2,1-6H3,(H,28,31)/t20-,22-,23-,25-,27?/m1/s1. The van der Waals surface area contributed by atoms with Crippen LogP contribution in [0.5, 0.6) is 0 Å². The summed E-state index contributed by atoms with van der Waals surface area (Å²) in [6, 6.07) is 11.0. The summed E-state index contributed by atoms with van der Waals surface area (Å²) < 4.78 is 8.50. The van der Waals surface area contributed by atoms with Gasteiger partial charge >= 0.3 is 0 Å². The first-order valence-corrected chi connectivity index (χ1v) is 12.2. The SMILES string of the molecule is Cc1cc(C)n(-c2cccc([C@H]3OCCC45C[C@@H](C[C@H]34)C(C)(C)[C@H]5NC(=O)C(C)C)c2)n1. The zero-order valence-electron chi connectivity index (χ0n) is 20.3. The zero-order chi connectivity index (χ0) is 22.8. The number of nitrogens with one attached hydrogen (secondary N) is 1. The number of fused-ring (bicyclic) bond motifs is 1. The minimum atomic E-state index is 0.00728. The summed E-state index contributed by atoms with van der Waals surface area (Å²) in [5, 5.41) is 8.18. The van der Waals surface area contributed by atoms with Crippen molar-refractivity contribution in [2.75, 3.05) is 6.61 Å². The van der Waals surface area contributed by atoms with E-state index in [0.29, 0.717) is 11.8 Å². The second-order valence-corrected chi connectivity index (χ2v) is 11.4. The molecule has 2 aliphatic carbocycles. The quantitative estimate of drug-likeness (QED) is 0.723. The fourth-order valence-corrected chi connectivity index (χ4v) is 7.15. The van der Waals surface area contributed by atoms with Crippen molar-refractivity contribution in [3.63, 3.8) is 0 Å². The first-order chi connectivity index (χ1) is 15.1. The van der Waals surface area contributed by atoms with E-state index >= 15 is 0 Å². The Morgan fingerprint density at radius 3 is 2.72 bits per heavy atom. The Kier molecular flexibility index (Phi) is 5.05. The van der Waals surface area contributed by atoms with E-state index in [0.717, 1.165) is 30.1 Å². The third-order valence-electron chi connectivity index (χ3n) is 8.77. The van der Waals surface area contributed by atoms with Crippen molar-refractivity contribution in [3.8, 4) is 5.69 Å². The largest absolute Gasteiger partial charge is 0.373 e. The van der Waals surface area contributed by atoms with Gasteiger partial charge in [-0.25, -0.2) is 4.68 Å². The number of carbonyl (C=O) groups is 1. The molecule has 5 atom stereocenters. The van der Waals surface area contributed by atoms with Gasteiger partial charge in [0.05, 0.1) is 17.5 Å². The van der Waals surface area contributed by atoms with Crippen LogP contribution in [-0.4, -0.2) is 28.3 Å².